The number of urea groups is 1. The Kier molecular flexibility index (Phi) is 8.35. The van der Waals surface area contributed by atoms with Gasteiger partial charge in [-0.15, -0.1) is 0 Å². The Balaban J connectivity index is 2.03. The molecule has 1 heterocycles. The predicted molar refractivity (Wildman–Crippen MR) is 128 cm³/mol. The minimum atomic E-state index is -1.16. The van der Waals surface area contributed by atoms with Gasteiger partial charge in [0.1, 0.15) is 21.5 Å². The highest BCUT2D eigenvalue weighted by Crippen LogP contribution is 2.51. The van der Waals surface area contributed by atoms with Crippen LogP contribution >= 0.6 is 11.8 Å². The molecular weight excluding hydrogens is 482 g/mol. The molecule has 0 aromatic heterocycles. The number of carbonyl (C=O) groups excluding carboxylic acids is 1. The highest BCUT2D eigenvalue weighted by atomic mass is 32.2. The standard InChI is InChI=1S/C22H24F2N6O4S/c1-28(34-2)21(31)30-22(15-7-4-3-5-8-15,11-6-12-26-19(25)14-29(32)33)35-20(27-30)17-13-16(23)9-10-18(17)24/h3-5,7-10,13H,6,11-12,14H2,1-2H3,(H2,25,26). The molecule has 10 nitrogen and oxygen atoms in total. The molecule has 35 heavy (non-hydrogen) atoms. The summed E-state index contributed by atoms with van der Waals surface area (Å²) in [5.74, 6) is -1.45. The molecular formula is C22H24F2N6O4S. The van der Waals surface area contributed by atoms with Crippen LogP contribution in [0.25, 0.3) is 0 Å². The summed E-state index contributed by atoms with van der Waals surface area (Å²) in [5, 5.41) is 17.3. The highest BCUT2D eigenvalue weighted by Gasteiger charge is 2.49. The van der Waals surface area contributed by atoms with Crippen LogP contribution in [-0.2, 0) is 9.71 Å². The molecule has 2 aromatic rings. The first-order valence-corrected chi connectivity index (χ1v) is 11.3. The number of nitrogens with two attached hydrogens (primary N) is 1. The second-order valence-electron chi connectivity index (χ2n) is 7.52. The molecule has 2 aromatic carbocycles. The van der Waals surface area contributed by atoms with Gasteiger partial charge in [-0.25, -0.2) is 18.6 Å². The number of aliphatic imine (C=N–C) groups is 1. The van der Waals surface area contributed by atoms with Crippen molar-refractivity contribution in [2.75, 3.05) is 27.2 Å². The van der Waals surface area contributed by atoms with Crippen molar-refractivity contribution >= 4 is 28.7 Å². The van der Waals surface area contributed by atoms with Crippen molar-refractivity contribution in [2.24, 2.45) is 15.8 Å². The zero-order chi connectivity index (χ0) is 25.6. The van der Waals surface area contributed by atoms with Gasteiger partial charge in [0.15, 0.2) is 5.84 Å². The molecule has 1 aliphatic heterocycles. The van der Waals surface area contributed by atoms with Gasteiger partial charge in [0.05, 0.1) is 7.11 Å². The second-order valence-corrected chi connectivity index (χ2v) is 8.79. The molecule has 0 spiro atoms. The molecule has 2 amide bonds. The Labute approximate surface area is 204 Å². The van der Waals surface area contributed by atoms with Crippen LogP contribution in [0.5, 0.6) is 0 Å². The molecule has 0 fully saturated rings. The number of nitrogens with zero attached hydrogens (tertiary/aromatic N) is 5. The Morgan fingerprint density at radius 2 is 2.03 bits per heavy atom. The average Bonchev–Trinajstić information content (AvgIpc) is 3.23. The predicted octanol–water partition coefficient (Wildman–Crippen LogP) is 3.56. The molecule has 1 aliphatic rings. The highest BCUT2D eigenvalue weighted by molar-refractivity contribution is 8.15. The number of carbonyl (C=O) groups is 1. The zero-order valence-electron chi connectivity index (χ0n) is 19.1. The van der Waals surface area contributed by atoms with Crippen molar-refractivity contribution < 1.29 is 23.3 Å². The van der Waals surface area contributed by atoms with E-state index in [0.717, 1.165) is 35.0 Å². The van der Waals surface area contributed by atoms with Crippen molar-refractivity contribution in [3.05, 3.63) is 81.4 Å². The van der Waals surface area contributed by atoms with Crippen LogP contribution in [0, 0.1) is 21.7 Å². The third kappa shape index (κ3) is 5.92. The largest absolute Gasteiger partial charge is 0.382 e. The van der Waals surface area contributed by atoms with E-state index in [4.69, 9.17) is 10.6 Å². The van der Waals surface area contributed by atoms with Crippen molar-refractivity contribution in [3.63, 3.8) is 0 Å². The summed E-state index contributed by atoms with van der Waals surface area (Å²) in [4.78, 5) is 31.3. The SMILES string of the molecule is CON(C)C(=O)N1N=C(c2cc(F)ccc2F)SC1(CCCN=C(N)C[N+](=O)[O-])c1ccccc1. The second kappa shape index (κ2) is 11.2. The molecule has 0 bridgehead atoms. The van der Waals surface area contributed by atoms with Gasteiger partial charge >= 0.3 is 6.03 Å². The maximum Gasteiger partial charge on any atom is 0.365 e. The van der Waals surface area contributed by atoms with Crippen molar-refractivity contribution in [2.45, 2.75) is 17.7 Å². The maximum absolute atomic E-state index is 14.6. The lowest BCUT2D eigenvalue weighted by molar-refractivity contribution is -0.463. The molecule has 186 valence electrons. The zero-order valence-corrected chi connectivity index (χ0v) is 19.9. The normalized spacial score (nSPS) is 17.9. The van der Waals surface area contributed by atoms with Crippen LogP contribution in [0.4, 0.5) is 13.6 Å². The Bertz CT molecular complexity index is 1150. The summed E-state index contributed by atoms with van der Waals surface area (Å²) in [7, 11) is 2.72. The number of hydrogen-bond donors (Lipinski definition) is 1. The first kappa shape index (κ1) is 26.0. The fourth-order valence-corrected chi connectivity index (χ4v) is 4.89. The van der Waals surface area contributed by atoms with Gasteiger partial charge in [0.25, 0.3) is 6.54 Å². The third-order valence-electron chi connectivity index (χ3n) is 5.19. The van der Waals surface area contributed by atoms with Gasteiger partial charge in [-0.2, -0.15) is 10.1 Å². The van der Waals surface area contributed by atoms with Crippen LogP contribution < -0.4 is 5.73 Å². The summed E-state index contributed by atoms with van der Waals surface area (Å²) < 4.78 is 28.6. The number of amidine groups is 1. The molecule has 0 radical (unpaired) electrons. The lowest BCUT2D eigenvalue weighted by Crippen LogP contribution is -2.46. The number of hydroxylamine groups is 2. The van der Waals surface area contributed by atoms with Crippen LogP contribution in [0.15, 0.2) is 58.6 Å². The minimum absolute atomic E-state index is 0.0843. The summed E-state index contributed by atoms with van der Waals surface area (Å²) in [6, 6.07) is 11.4. The van der Waals surface area contributed by atoms with E-state index in [1.165, 1.54) is 19.2 Å². The molecule has 3 rings (SSSR count). The van der Waals surface area contributed by atoms with E-state index in [-0.39, 0.29) is 29.4 Å². The summed E-state index contributed by atoms with van der Waals surface area (Å²) in [5.41, 5.74) is 6.19. The van der Waals surface area contributed by atoms with E-state index in [9.17, 15) is 23.7 Å². The van der Waals surface area contributed by atoms with E-state index >= 15 is 0 Å². The topological polar surface area (TPSA) is 127 Å². The first-order chi connectivity index (χ1) is 16.7. The van der Waals surface area contributed by atoms with E-state index < -0.39 is 34.0 Å². The Hall–Kier alpha value is -3.58. The van der Waals surface area contributed by atoms with Gasteiger partial charge in [0.2, 0.25) is 0 Å². The van der Waals surface area contributed by atoms with Crippen molar-refractivity contribution in [1.29, 1.82) is 0 Å². The van der Waals surface area contributed by atoms with Gasteiger partial charge in [-0.05, 0) is 36.6 Å². The fourth-order valence-electron chi connectivity index (χ4n) is 3.48. The lowest BCUT2D eigenvalue weighted by atomic mass is 10.0. The van der Waals surface area contributed by atoms with Gasteiger partial charge in [-0.3, -0.25) is 19.9 Å². The number of rotatable bonds is 9. The van der Waals surface area contributed by atoms with Crippen LogP contribution in [0.3, 0.4) is 0 Å². The lowest BCUT2D eigenvalue weighted by Gasteiger charge is -2.37. The van der Waals surface area contributed by atoms with E-state index in [2.05, 4.69) is 10.1 Å². The van der Waals surface area contributed by atoms with Crippen molar-refractivity contribution in [3.8, 4) is 0 Å². The Morgan fingerprint density at radius 1 is 1.31 bits per heavy atom. The number of hydrazone groups is 1. The van der Waals surface area contributed by atoms with E-state index in [0.29, 0.717) is 12.0 Å². The number of hydrogen-bond acceptors (Lipinski definition) is 7. The maximum atomic E-state index is 14.6. The first-order valence-electron chi connectivity index (χ1n) is 10.5. The summed E-state index contributed by atoms with van der Waals surface area (Å²) in [6.07, 6.45) is 0.624. The van der Waals surface area contributed by atoms with E-state index in [1.54, 1.807) is 30.3 Å². The molecule has 1 unspecified atom stereocenters. The third-order valence-corrected chi connectivity index (χ3v) is 6.63. The molecule has 1 atom stereocenters. The minimum Gasteiger partial charge on any atom is -0.382 e. The summed E-state index contributed by atoms with van der Waals surface area (Å²) in [6.45, 7) is -0.422. The van der Waals surface area contributed by atoms with Gasteiger partial charge < -0.3 is 5.73 Å². The monoisotopic (exact) mass is 506 g/mol. The van der Waals surface area contributed by atoms with Crippen LogP contribution in [0.2, 0.25) is 0 Å². The number of benzene rings is 2. The number of thioether (sulfide) groups is 1. The average molecular weight is 507 g/mol. The quantitative estimate of drug-likeness (QED) is 0.182. The van der Waals surface area contributed by atoms with E-state index in [1.807, 2.05) is 0 Å². The van der Waals surface area contributed by atoms with Crippen LogP contribution in [-0.4, -0.2) is 59.2 Å². The molecule has 0 saturated heterocycles. The molecule has 0 aliphatic carbocycles. The number of nitro groups is 1. The van der Waals surface area contributed by atoms with Gasteiger partial charge in [0, 0.05) is 24.1 Å². The van der Waals surface area contributed by atoms with Gasteiger partial charge in [-0.1, -0.05) is 42.1 Å². The molecule has 13 heteroatoms. The fraction of sp³-hybridized carbons (Fsp3) is 0.318. The molecule has 0 saturated carbocycles. The van der Waals surface area contributed by atoms with Crippen LogP contribution in [0.1, 0.15) is 24.0 Å². The Morgan fingerprint density at radius 3 is 2.69 bits per heavy atom. The summed E-state index contributed by atoms with van der Waals surface area (Å²) >= 11 is 1.10. The molecule has 2 N–H and O–H groups in total. The number of amides is 2. The number of halogens is 2. The smallest absolute Gasteiger partial charge is 0.365 e. The van der Waals surface area contributed by atoms with Crippen molar-refractivity contribution in [1.82, 2.24) is 10.1 Å².